The average molecular weight is 279 g/mol. The van der Waals surface area contributed by atoms with Gasteiger partial charge in [0.15, 0.2) is 0 Å². The van der Waals surface area contributed by atoms with Crippen molar-refractivity contribution in [1.82, 2.24) is 0 Å². The summed E-state index contributed by atoms with van der Waals surface area (Å²) in [5.41, 5.74) is 16.0. The molecular weight excluding hydrogens is 254 g/mol. The van der Waals surface area contributed by atoms with Crippen molar-refractivity contribution in [3.63, 3.8) is 0 Å². The quantitative estimate of drug-likeness (QED) is 0.806. The summed E-state index contributed by atoms with van der Waals surface area (Å²) in [6.07, 6.45) is 0. The van der Waals surface area contributed by atoms with E-state index in [2.05, 4.69) is 65.0 Å². The van der Waals surface area contributed by atoms with Crippen molar-refractivity contribution in [2.75, 3.05) is 6.54 Å². The Balaban J connectivity index is 2.27. The smallest absolute Gasteiger partial charge is 0.0225 e. The number of aryl methyl sites for hydroxylation is 1. The number of nitrogens with two attached hydrogens (primary N) is 1. The zero-order valence-electron chi connectivity index (χ0n) is 13.7. The third-order valence-electron chi connectivity index (χ3n) is 4.94. The van der Waals surface area contributed by atoms with E-state index in [9.17, 15) is 0 Å². The Bertz CT molecular complexity index is 705. The Morgan fingerprint density at radius 2 is 1.71 bits per heavy atom. The van der Waals surface area contributed by atoms with Crippen LogP contribution >= 0.6 is 0 Å². The molecule has 0 amide bonds. The van der Waals surface area contributed by atoms with Crippen LogP contribution in [0.1, 0.15) is 54.5 Å². The summed E-state index contributed by atoms with van der Waals surface area (Å²) in [4.78, 5) is 0. The SMILES string of the molecule is Cc1ccc2c(c1C)-c1ccc(C(C)(C)C)cc1C2CN. The van der Waals surface area contributed by atoms with E-state index in [0.717, 1.165) is 0 Å². The normalized spacial score (nSPS) is 16.8. The van der Waals surface area contributed by atoms with Crippen molar-refractivity contribution >= 4 is 0 Å². The molecule has 1 atom stereocenters. The zero-order valence-corrected chi connectivity index (χ0v) is 13.7. The van der Waals surface area contributed by atoms with Gasteiger partial charge in [-0.25, -0.2) is 0 Å². The number of benzene rings is 2. The molecule has 1 aliphatic carbocycles. The predicted octanol–water partition coefficient (Wildman–Crippen LogP) is 4.67. The molecule has 2 aromatic rings. The molecule has 2 aromatic carbocycles. The average Bonchev–Trinajstić information content (AvgIpc) is 2.75. The van der Waals surface area contributed by atoms with E-state index in [1.165, 1.54) is 38.9 Å². The monoisotopic (exact) mass is 279 g/mol. The van der Waals surface area contributed by atoms with Gasteiger partial charge >= 0.3 is 0 Å². The minimum absolute atomic E-state index is 0.175. The Morgan fingerprint density at radius 1 is 1.00 bits per heavy atom. The topological polar surface area (TPSA) is 26.0 Å². The molecule has 0 aromatic heterocycles. The van der Waals surface area contributed by atoms with Crippen molar-refractivity contribution in [2.45, 2.75) is 46.0 Å². The second kappa shape index (κ2) is 4.71. The number of rotatable bonds is 1. The first-order valence-corrected chi connectivity index (χ1v) is 7.79. The van der Waals surface area contributed by atoms with Gasteiger partial charge in [-0.3, -0.25) is 0 Å². The Morgan fingerprint density at radius 3 is 2.33 bits per heavy atom. The first-order chi connectivity index (χ1) is 9.84. The number of hydrogen-bond donors (Lipinski definition) is 1. The van der Waals surface area contributed by atoms with Gasteiger partial charge in [-0.2, -0.15) is 0 Å². The van der Waals surface area contributed by atoms with E-state index in [1.54, 1.807) is 0 Å². The van der Waals surface area contributed by atoms with Crippen LogP contribution in [0.4, 0.5) is 0 Å². The highest BCUT2D eigenvalue weighted by atomic mass is 14.6. The molecule has 0 bridgehead atoms. The van der Waals surface area contributed by atoms with Crippen LogP contribution in [0.5, 0.6) is 0 Å². The lowest BCUT2D eigenvalue weighted by Gasteiger charge is -2.21. The minimum Gasteiger partial charge on any atom is -0.330 e. The van der Waals surface area contributed by atoms with Gasteiger partial charge in [-0.1, -0.05) is 51.1 Å². The third-order valence-corrected chi connectivity index (χ3v) is 4.94. The molecule has 0 saturated heterocycles. The van der Waals surface area contributed by atoms with Crippen LogP contribution in [-0.4, -0.2) is 6.54 Å². The first kappa shape index (κ1) is 14.3. The Kier molecular flexibility index (Phi) is 3.22. The molecule has 1 nitrogen and oxygen atoms in total. The van der Waals surface area contributed by atoms with Crippen LogP contribution in [0.15, 0.2) is 30.3 Å². The molecule has 1 unspecified atom stereocenters. The van der Waals surface area contributed by atoms with Gasteiger partial charge < -0.3 is 5.73 Å². The molecule has 2 N–H and O–H groups in total. The van der Waals surface area contributed by atoms with E-state index in [1.807, 2.05) is 0 Å². The molecule has 0 radical (unpaired) electrons. The highest BCUT2D eigenvalue weighted by Crippen LogP contribution is 2.47. The van der Waals surface area contributed by atoms with Gasteiger partial charge in [0.2, 0.25) is 0 Å². The summed E-state index contributed by atoms with van der Waals surface area (Å²) >= 11 is 0. The fourth-order valence-corrected chi connectivity index (χ4v) is 3.45. The second-order valence-electron chi connectivity index (χ2n) is 7.31. The van der Waals surface area contributed by atoms with E-state index in [0.29, 0.717) is 12.5 Å². The molecule has 3 rings (SSSR count). The van der Waals surface area contributed by atoms with Crippen molar-refractivity contribution in [1.29, 1.82) is 0 Å². The lowest BCUT2D eigenvalue weighted by molar-refractivity contribution is 0.589. The van der Waals surface area contributed by atoms with Gasteiger partial charge in [-0.15, -0.1) is 0 Å². The van der Waals surface area contributed by atoms with Crippen molar-refractivity contribution in [3.05, 3.63) is 58.1 Å². The summed E-state index contributed by atoms with van der Waals surface area (Å²) < 4.78 is 0. The number of fused-ring (bicyclic) bond motifs is 3. The standard InChI is InChI=1S/C20H25N/c1-12-6-8-16-18(11-21)17-10-14(20(3,4)5)7-9-15(17)19(16)13(12)2/h6-10,18H,11,21H2,1-5H3. The summed E-state index contributed by atoms with van der Waals surface area (Å²) in [6.45, 7) is 11.9. The zero-order chi connectivity index (χ0) is 15.4. The van der Waals surface area contributed by atoms with Crippen LogP contribution in [0, 0.1) is 13.8 Å². The first-order valence-electron chi connectivity index (χ1n) is 7.79. The van der Waals surface area contributed by atoms with E-state index < -0.39 is 0 Å². The highest BCUT2D eigenvalue weighted by molar-refractivity contribution is 5.82. The number of hydrogen-bond acceptors (Lipinski definition) is 1. The maximum atomic E-state index is 6.11. The second-order valence-corrected chi connectivity index (χ2v) is 7.31. The van der Waals surface area contributed by atoms with Crippen molar-refractivity contribution in [2.24, 2.45) is 5.73 Å². The summed E-state index contributed by atoms with van der Waals surface area (Å²) in [7, 11) is 0. The molecule has 0 aliphatic heterocycles. The van der Waals surface area contributed by atoms with Crippen LogP contribution < -0.4 is 5.73 Å². The molecule has 110 valence electrons. The van der Waals surface area contributed by atoms with Crippen LogP contribution in [0.2, 0.25) is 0 Å². The summed E-state index contributed by atoms with van der Waals surface area (Å²) in [5, 5.41) is 0. The van der Waals surface area contributed by atoms with Crippen LogP contribution in [0.3, 0.4) is 0 Å². The van der Waals surface area contributed by atoms with Gasteiger partial charge in [0.05, 0.1) is 0 Å². The molecule has 1 heteroatoms. The highest BCUT2D eigenvalue weighted by Gasteiger charge is 2.30. The molecule has 21 heavy (non-hydrogen) atoms. The van der Waals surface area contributed by atoms with Crippen molar-refractivity contribution in [3.8, 4) is 11.1 Å². The van der Waals surface area contributed by atoms with Crippen LogP contribution in [0.25, 0.3) is 11.1 Å². The maximum Gasteiger partial charge on any atom is 0.0225 e. The van der Waals surface area contributed by atoms with Gasteiger partial charge in [0.25, 0.3) is 0 Å². The molecule has 0 heterocycles. The minimum atomic E-state index is 0.175. The molecule has 0 fully saturated rings. The van der Waals surface area contributed by atoms with Gasteiger partial charge in [-0.05, 0) is 58.2 Å². The largest absolute Gasteiger partial charge is 0.330 e. The van der Waals surface area contributed by atoms with Crippen molar-refractivity contribution < 1.29 is 0 Å². The third kappa shape index (κ3) is 2.11. The van der Waals surface area contributed by atoms with Crippen LogP contribution in [-0.2, 0) is 5.41 Å². The van der Waals surface area contributed by atoms with Gasteiger partial charge in [0, 0.05) is 12.5 Å². The van der Waals surface area contributed by atoms with E-state index in [4.69, 9.17) is 5.73 Å². The van der Waals surface area contributed by atoms with Gasteiger partial charge in [0.1, 0.15) is 0 Å². The molecule has 0 spiro atoms. The Labute approximate surface area is 128 Å². The Hall–Kier alpha value is -1.60. The molecule has 0 saturated carbocycles. The van der Waals surface area contributed by atoms with E-state index in [-0.39, 0.29) is 5.41 Å². The summed E-state index contributed by atoms with van der Waals surface area (Å²) in [5.74, 6) is 0.344. The lowest BCUT2D eigenvalue weighted by atomic mass is 9.84. The fourth-order valence-electron chi connectivity index (χ4n) is 3.45. The van der Waals surface area contributed by atoms with E-state index >= 15 is 0 Å². The maximum absolute atomic E-state index is 6.11. The molecule has 1 aliphatic rings. The lowest BCUT2D eigenvalue weighted by Crippen LogP contribution is -2.14. The fraction of sp³-hybridized carbons (Fsp3) is 0.400. The predicted molar refractivity (Wildman–Crippen MR) is 90.9 cm³/mol. The molecular formula is C20H25N. The summed E-state index contributed by atoms with van der Waals surface area (Å²) in [6, 6.07) is 11.5.